The van der Waals surface area contributed by atoms with Gasteiger partial charge in [0.25, 0.3) is 0 Å². The molecule has 5 heteroatoms. The number of rotatable bonds is 2. The fraction of sp³-hybridized carbons (Fsp3) is 0.231. The van der Waals surface area contributed by atoms with E-state index in [2.05, 4.69) is 22.0 Å². The summed E-state index contributed by atoms with van der Waals surface area (Å²) in [7, 11) is 0. The molecule has 1 aromatic heterocycles. The lowest BCUT2D eigenvalue weighted by atomic mass is 9.95. The lowest BCUT2D eigenvalue weighted by Crippen LogP contribution is -2.07. The first-order valence-corrected chi connectivity index (χ1v) is 7.96. The molecule has 0 aliphatic carbocycles. The molecular weight excluding hydrogens is 355 g/mol. The monoisotopic (exact) mass is 362 g/mol. The third-order valence-corrected chi connectivity index (χ3v) is 5.72. The van der Waals surface area contributed by atoms with Crippen molar-refractivity contribution in [2.24, 2.45) is 0 Å². The normalized spacial score (nSPS) is 19.4. The number of fused-ring (bicyclic) bond motifs is 1. The van der Waals surface area contributed by atoms with E-state index in [1.165, 1.54) is 16.9 Å². The minimum atomic E-state index is 0.123. The smallest absolute Gasteiger partial charge is 0.122 e. The predicted octanol–water partition coefficient (Wildman–Crippen LogP) is 5.67. The predicted molar refractivity (Wildman–Crippen MR) is 80.7 cm³/mol. The lowest BCUT2D eigenvalue weighted by molar-refractivity contribution is 0.329. The van der Waals surface area contributed by atoms with Crippen LogP contribution < -0.4 is 4.74 Å². The molecule has 0 amide bonds. The summed E-state index contributed by atoms with van der Waals surface area (Å²) in [5.41, 5.74) is 2.26. The van der Waals surface area contributed by atoms with E-state index in [0.717, 1.165) is 15.6 Å². The van der Waals surface area contributed by atoms with Crippen LogP contribution in [0.3, 0.4) is 0 Å². The van der Waals surface area contributed by atoms with Crippen molar-refractivity contribution in [1.82, 2.24) is 0 Å². The molecule has 2 aromatic rings. The SMILES string of the molecule is Clc1cc(C(Br)C2COc3ccccc32)c(Cl)s1. The average Bonchev–Trinajstić information content (AvgIpc) is 2.92. The Morgan fingerprint density at radius 3 is 2.83 bits per heavy atom. The average molecular weight is 364 g/mol. The molecule has 2 unspecified atom stereocenters. The van der Waals surface area contributed by atoms with Crippen molar-refractivity contribution < 1.29 is 4.74 Å². The van der Waals surface area contributed by atoms with Gasteiger partial charge in [-0.2, -0.15) is 0 Å². The highest BCUT2D eigenvalue weighted by molar-refractivity contribution is 9.09. The van der Waals surface area contributed by atoms with E-state index >= 15 is 0 Å². The van der Waals surface area contributed by atoms with Gasteiger partial charge in [-0.15, -0.1) is 11.3 Å². The number of alkyl halides is 1. The first-order valence-electron chi connectivity index (χ1n) is 5.47. The summed E-state index contributed by atoms with van der Waals surface area (Å²) in [6, 6.07) is 10.0. The van der Waals surface area contributed by atoms with Crippen molar-refractivity contribution in [3.8, 4) is 5.75 Å². The number of ether oxygens (including phenoxy) is 1. The van der Waals surface area contributed by atoms with Crippen molar-refractivity contribution in [3.63, 3.8) is 0 Å². The Kier molecular flexibility index (Phi) is 3.59. The molecule has 0 N–H and O–H groups in total. The van der Waals surface area contributed by atoms with Crippen molar-refractivity contribution in [3.05, 3.63) is 50.1 Å². The van der Waals surface area contributed by atoms with Gasteiger partial charge in [0.05, 0.1) is 20.1 Å². The van der Waals surface area contributed by atoms with E-state index in [4.69, 9.17) is 27.9 Å². The van der Waals surface area contributed by atoms with Crippen LogP contribution in [-0.2, 0) is 0 Å². The summed E-state index contributed by atoms with van der Waals surface area (Å²) >= 11 is 17.3. The second kappa shape index (κ2) is 5.04. The summed E-state index contributed by atoms with van der Waals surface area (Å²) in [5.74, 6) is 1.23. The van der Waals surface area contributed by atoms with Crippen molar-refractivity contribution in [1.29, 1.82) is 0 Å². The van der Waals surface area contributed by atoms with Crippen LogP contribution in [0.15, 0.2) is 30.3 Å². The Balaban J connectivity index is 1.95. The molecule has 0 saturated carbocycles. The van der Waals surface area contributed by atoms with Crippen LogP contribution in [0.1, 0.15) is 21.9 Å². The van der Waals surface area contributed by atoms with Gasteiger partial charge in [-0.3, -0.25) is 0 Å². The van der Waals surface area contributed by atoms with Crippen LogP contribution in [0.25, 0.3) is 0 Å². The number of halogens is 3. The number of hydrogen-bond donors (Lipinski definition) is 0. The maximum Gasteiger partial charge on any atom is 0.122 e. The van der Waals surface area contributed by atoms with E-state index in [9.17, 15) is 0 Å². The van der Waals surface area contributed by atoms with Gasteiger partial charge in [0.15, 0.2) is 0 Å². The van der Waals surface area contributed by atoms with E-state index in [1.54, 1.807) is 0 Å². The highest BCUT2D eigenvalue weighted by Crippen LogP contribution is 2.49. The zero-order valence-electron chi connectivity index (χ0n) is 9.20. The fourth-order valence-corrected chi connectivity index (χ4v) is 4.82. The second-order valence-electron chi connectivity index (χ2n) is 4.14. The third-order valence-electron chi connectivity index (χ3n) is 3.07. The third kappa shape index (κ3) is 2.18. The Labute approximate surface area is 128 Å². The maximum absolute atomic E-state index is 6.21. The molecule has 3 rings (SSSR count). The fourth-order valence-electron chi connectivity index (χ4n) is 2.19. The van der Waals surface area contributed by atoms with Gasteiger partial charge >= 0.3 is 0 Å². The van der Waals surface area contributed by atoms with Crippen LogP contribution >= 0.6 is 50.5 Å². The van der Waals surface area contributed by atoms with E-state index in [1.807, 2.05) is 24.3 Å². The first-order chi connectivity index (χ1) is 8.66. The molecular formula is C13H9BrCl2OS. The highest BCUT2D eigenvalue weighted by atomic mass is 79.9. The number of para-hydroxylation sites is 1. The standard InChI is InChI=1S/C13H9BrCl2OS/c14-12(8-5-11(15)18-13(8)16)9-6-17-10-4-2-1-3-7(9)10/h1-5,9,12H,6H2. The van der Waals surface area contributed by atoms with Gasteiger partial charge in [0.2, 0.25) is 0 Å². The van der Waals surface area contributed by atoms with Crippen molar-refractivity contribution >= 4 is 50.5 Å². The molecule has 0 bridgehead atoms. The van der Waals surface area contributed by atoms with Crippen LogP contribution in [0.4, 0.5) is 0 Å². The minimum Gasteiger partial charge on any atom is -0.493 e. The summed E-state index contributed by atoms with van der Waals surface area (Å²) in [6.07, 6.45) is 0. The summed E-state index contributed by atoms with van der Waals surface area (Å²) in [5, 5.41) is 0. The van der Waals surface area contributed by atoms with Crippen LogP contribution in [0, 0.1) is 0 Å². The van der Waals surface area contributed by atoms with Crippen molar-refractivity contribution in [2.75, 3.05) is 6.61 Å². The quantitative estimate of drug-likeness (QED) is 0.625. The van der Waals surface area contributed by atoms with Gasteiger partial charge in [0.1, 0.15) is 5.75 Å². The zero-order chi connectivity index (χ0) is 12.7. The molecule has 0 spiro atoms. The van der Waals surface area contributed by atoms with Gasteiger partial charge in [0, 0.05) is 11.5 Å². The molecule has 1 aromatic carbocycles. The van der Waals surface area contributed by atoms with Crippen LogP contribution in [0.5, 0.6) is 5.75 Å². The second-order valence-corrected chi connectivity index (χ2v) is 7.41. The molecule has 94 valence electrons. The summed E-state index contributed by atoms with van der Waals surface area (Å²) in [6.45, 7) is 0.666. The molecule has 18 heavy (non-hydrogen) atoms. The Morgan fingerprint density at radius 2 is 2.11 bits per heavy atom. The minimum absolute atomic E-state index is 0.123. The molecule has 1 aliphatic rings. The summed E-state index contributed by atoms with van der Waals surface area (Å²) < 4.78 is 7.15. The Morgan fingerprint density at radius 1 is 1.33 bits per heavy atom. The van der Waals surface area contributed by atoms with Crippen LogP contribution in [-0.4, -0.2) is 6.61 Å². The summed E-state index contributed by atoms with van der Waals surface area (Å²) in [4.78, 5) is 0.123. The van der Waals surface area contributed by atoms with Crippen LogP contribution in [0.2, 0.25) is 8.67 Å². The van der Waals surface area contributed by atoms with E-state index in [-0.39, 0.29) is 10.7 Å². The molecule has 2 heterocycles. The van der Waals surface area contributed by atoms with Gasteiger partial charge in [-0.05, 0) is 17.7 Å². The van der Waals surface area contributed by atoms with E-state index in [0.29, 0.717) is 10.9 Å². The lowest BCUT2D eigenvalue weighted by Gasteiger charge is -2.16. The van der Waals surface area contributed by atoms with Gasteiger partial charge < -0.3 is 4.74 Å². The largest absolute Gasteiger partial charge is 0.493 e. The Bertz CT molecular complexity index is 584. The molecule has 2 atom stereocenters. The van der Waals surface area contributed by atoms with Crippen molar-refractivity contribution in [2.45, 2.75) is 10.7 Å². The Hall–Kier alpha value is -0.220. The first kappa shape index (κ1) is 12.8. The van der Waals surface area contributed by atoms with Gasteiger partial charge in [-0.1, -0.05) is 57.3 Å². The molecule has 1 nitrogen and oxygen atoms in total. The van der Waals surface area contributed by atoms with E-state index < -0.39 is 0 Å². The molecule has 0 saturated heterocycles. The zero-order valence-corrected chi connectivity index (χ0v) is 13.1. The number of benzene rings is 1. The topological polar surface area (TPSA) is 9.23 Å². The highest BCUT2D eigenvalue weighted by Gasteiger charge is 2.32. The van der Waals surface area contributed by atoms with Gasteiger partial charge in [-0.25, -0.2) is 0 Å². The molecule has 0 fully saturated rings. The molecule has 0 radical (unpaired) electrons. The molecule has 1 aliphatic heterocycles. The number of thiophene rings is 1. The maximum atomic E-state index is 6.21. The number of hydrogen-bond acceptors (Lipinski definition) is 2.